The minimum Gasteiger partial charge on any atom is -0.337 e. The third-order valence-electron chi connectivity index (χ3n) is 4.66. The Kier molecular flexibility index (Phi) is 4.39. The van der Waals surface area contributed by atoms with Crippen molar-refractivity contribution < 1.29 is 4.79 Å². The van der Waals surface area contributed by atoms with Gasteiger partial charge in [-0.2, -0.15) is 0 Å². The van der Waals surface area contributed by atoms with Crippen LogP contribution < -0.4 is 5.56 Å². The first-order valence-electron chi connectivity index (χ1n) is 7.97. The van der Waals surface area contributed by atoms with Crippen LogP contribution in [0, 0.1) is 0 Å². The number of nitrogens with zero attached hydrogens (tertiary/aromatic N) is 2. The lowest BCUT2D eigenvalue weighted by Crippen LogP contribution is -2.48. The Balaban J connectivity index is 1.57. The van der Waals surface area contributed by atoms with E-state index in [4.69, 9.17) is 0 Å². The molecule has 0 atom stereocenters. The zero-order chi connectivity index (χ0) is 14.7. The number of amides is 1. The maximum Gasteiger partial charge on any atom is 0.270 e. The van der Waals surface area contributed by atoms with E-state index >= 15 is 0 Å². The van der Waals surface area contributed by atoms with Gasteiger partial charge in [-0.25, -0.2) is 0 Å². The Morgan fingerprint density at radius 3 is 2.43 bits per heavy atom. The van der Waals surface area contributed by atoms with E-state index in [-0.39, 0.29) is 11.5 Å². The van der Waals surface area contributed by atoms with Crippen molar-refractivity contribution in [2.75, 3.05) is 26.2 Å². The first-order valence-corrected chi connectivity index (χ1v) is 7.97. The number of hydrogen-bond donors (Lipinski definition) is 1. The van der Waals surface area contributed by atoms with Gasteiger partial charge in [0.05, 0.1) is 0 Å². The van der Waals surface area contributed by atoms with Crippen LogP contribution in [0.1, 0.15) is 42.6 Å². The van der Waals surface area contributed by atoms with E-state index in [1.54, 1.807) is 12.1 Å². The maximum atomic E-state index is 12.4. The fourth-order valence-electron chi connectivity index (χ4n) is 3.46. The Labute approximate surface area is 124 Å². The minimum absolute atomic E-state index is 0.0511. The number of pyridine rings is 1. The lowest BCUT2D eigenvalue weighted by Gasteiger charge is -2.40. The van der Waals surface area contributed by atoms with Gasteiger partial charge in [-0.15, -0.1) is 0 Å². The van der Waals surface area contributed by atoms with Crippen LogP contribution in [0.2, 0.25) is 0 Å². The van der Waals surface area contributed by atoms with E-state index < -0.39 is 0 Å². The highest BCUT2D eigenvalue weighted by atomic mass is 16.2. The smallest absolute Gasteiger partial charge is 0.270 e. The summed E-state index contributed by atoms with van der Waals surface area (Å²) in [5, 5.41) is 0. The van der Waals surface area contributed by atoms with Crippen molar-refractivity contribution >= 4 is 5.91 Å². The third kappa shape index (κ3) is 3.35. The Morgan fingerprint density at radius 1 is 1.05 bits per heavy atom. The summed E-state index contributed by atoms with van der Waals surface area (Å²) in [5.74, 6) is -0.0511. The fourth-order valence-corrected chi connectivity index (χ4v) is 3.46. The predicted octanol–water partition coefficient (Wildman–Crippen LogP) is 1.47. The summed E-state index contributed by atoms with van der Waals surface area (Å²) in [6.07, 6.45) is 6.07. The Bertz CT molecular complexity index is 540. The molecule has 1 aromatic heterocycles. The predicted molar refractivity (Wildman–Crippen MR) is 81.4 cm³/mol. The topological polar surface area (TPSA) is 56.4 Å². The van der Waals surface area contributed by atoms with Crippen LogP contribution in [0.25, 0.3) is 0 Å². The summed E-state index contributed by atoms with van der Waals surface area (Å²) in [7, 11) is 0. The zero-order valence-electron chi connectivity index (χ0n) is 12.4. The highest BCUT2D eigenvalue weighted by Gasteiger charge is 2.28. The van der Waals surface area contributed by atoms with Gasteiger partial charge in [0.1, 0.15) is 5.69 Å². The van der Waals surface area contributed by atoms with Crippen molar-refractivity contribution in [3.8, 4) is 0 Å². The van der Waals surface area contributed by atoms with Gasteiger partial charge in [-0.05, 0) is 44.8 Å². The SMILES string of the molecule is O=C(c1cccc(=O)[nH]1)N1CCC(N2CCCCC2)CC1. The van der Waals surface area contributed by atoms with Gasteiger partial charge in [0.25, 0.3) is 5.91 Å². The first kappa shape index (κ1) is 14.3. The van der Waals surface area contributed by atoms with E-state index in [2.05, 4.69) is 9.88 Å². The second-order valence-corrected chi connectivity index (χ2v) is 6.05. The number of piperidine rings is 2. The second kappa shape index (κ2) is 6.43. The summed E-state index contributed by atoms with van der Waals surface area (Å²) in [5.41, 5.74) is 0.183. The molecule has 2 aliphatic heterocycles. The maximum absolute atomic E-state index is 12.4. The van der Waals surface area contributed by atoms with Gasteiger partial charge in [-0.1, -0.05) is 12.5 Å². The molecule has 21 heavy (non-hydrogen) atoms. The van der Waals surface area contributed by atoms with Crippen LogP contribution in [0.15, 0.2) is 23.0 Å². The zero-order valence-corrected chi connectivity index (χ0v) is 12.4. The molecule has 0 bridgehead atoms. The molecule has 2 saturated heterocycles. The number of carbonyl (C=O) groups is 1. The highest BCUT2D eigenvalue weighted by molar-refractivity contribution is 5.92. The van der Waals surface area contributed by atoms with E-state index in [1.807, 2.05) is 4.90 Å². The van der Waals surface area contributed by atoms with Crippen molar-refractivity contribution in [3.63, 3.8) is 0 Å². The third-order valence-corrected chi connectivity index (χ3v) is 4.66. The van der Waals surface area contributed by atoms with Crippen molar-refractivity contribution in [2.45, 2.75) is 38.1 Å². The minimum atomic E-state index is -0.218. The van der Waals surface area contributed by atoms with Crippen molar-refractivity contribution in [2.24, 2.45) is 0 Å². The van der Waals surface area contributed by atoms with E-state index in [1.165, 1.54) is 38.4 Å². The van der Waals surface area contributed by atoms with E-state index in [0.29, 0.717) is 11.7 Å². The molecule has 114 valence electrons. The Morgan fingerprint density at radius 2 is 1.76 bits per heavy atom. The molecule has 2 fully saturated rings. The van der Waals surface area contributed by atoms with Gasteiger partial charge in [0, 0.05) is 25.2 Å². The molecule has 0 saturated carbocycles. The molecule has 0 spiro atoms. The van der Waals surface area contributed by atoms with Gasteiger partial charge in [-0.3, -0.25) is 9.59 Å². The molecule has 0 unspecified atom stereocenters. The molecular weight excluding hydrogens is 266 g/mol. The summed E-state index contributed by atoms with van der Waals surface area (Å²) >= 11 is 0. The number of H-pyrrole nitrogens is 1. The summed E-state index contributed by atoms with van der Waals surface area (Å²) in [6.45, 7) is 4.00. The van der Waals surface area contributed by atoms with E-state index in [9.17, 15) is 9.59 Å². The molecule has 0 aliphatic carbocycles. The molecule has 0 radical (unpaired) electrons. The van der Waals surface area contributed by atoms with Crippen molar-refractivity contribution in [1.29, 1.82) is 0 Å². The van der Waals surface area contributed by atoms with Gasteiger partial charge < -0.3 is 14.8 Å². The number of aromatic amines is 1. The van der Waals surface area contributed by atoms with Crippen LogP contribution in [0.4, 0.5) is 0 Å². The van der Waals surface area contributed by atoms with Crippen LogP contribution in [0.3, 0.4) is 0 Å². The molecule has 5 nitrogen and oxygen atoms in total. The van der Waals surface area contributed by atoms with Gasteiger partial charge >= 0.3 is 0 Å². The number of hydrogen-bond acceptors (Lipinski definition) is 3. The standard InChI is InChI=1S/C16H23N3O2/c20-15-6-4-5-14(17-15)16(21)19-11-7-13(8-12-19)18-9-2-1-3-10-18/h4-6,13H,1-3,7-12H2,(H,17,20). The van der Waals surface area contributed by atoms with Gasteiger partial charge in [0.15, 0.2) is 0 Å². The molecule has 1 N–H and O–H groups in total. The average Bonchev–Trinajstić information content (AvgIpc) is 2.55. The molecule has 5 heteroatoms. The quantitative estimate of drug-likeness (QED) is 0.897. The molecule has 1 amide bonds. The fraction of sp³-hybridized carbons (Fsp3) is 0.625. The molecule has 0 aromatic carbocycles. The van der Waals surface area contributed by atoms with Crippen LogP contribution >= 0.6 is 0 Å². The number of rotatable bonds is 2. The lowest BCUT2D eigenvalue weighted by atomic mass is 9.99. The average molecular weight is 289 g/mol. The Hall–Kier alpha value is -1.62. The molecule has 3 rings (SSSR count). The number of carbonyl (C=O) groups excluding carboxylic acids is 1. The summed E-state index contributed by atoms with van der Waals surface area (Å²) in [6, 6.07) is 5.37. The number of aromatic nitrogens is 1. The number of likely N-dealkylation sites (tertiary alicyclic amines) is 2. The monoisotopic (exact) mass is 289 g/mol. The normalized spacial score (nSPS) is 21.4. The van der Waals surface area contributed by atoms with Gasteiger partial charge in [0.2, 0.25) is 5.56 Å². The van der Waals surface area contributed by atoms with Crippen molar-refractivity contribution in [3.05, 3.63) is 34.2 Å². The van der Waals surface area contributed by atoms with Crippen LogP contribution in [-0.4, -0.2) is 52.9 Å². The second-order valence-electron chi connectivity index (χ2n) is 6.05. The van der Waals surface area contributed by atoms with E-state index in [0.717, 1.165) is 25.9 Å². The summed E-state index contributed by atoms with van der Waals surface area (Å²) < 4.78 is 0. The van der Waals surface area contributed by atoms with Crippen LogP contribution in [-0.2, 0) is 0 Å². The molecule has 3 heterocycles. The lowest BCUT2D eigenvalue weighted by molar-refractivity contribution is 0.0584. The first-order chi connectivity index (χ1) is 10.2. The largest absolute Gasteiger partial charge is 0.337 e. The van der Waals surface area contributed by atoms with Crippen molar-refractivity contribution in [1.82, 2.24) is 14.8 Å². The molecular formula is C16H23N3O2. The highest BCUT2D eigenvalue weighted by Crippen LogP contribution is 2.21. The van der Waals surface area contributed by atoms with Crippen LogP contribution in [0.5, 0.6) is 0 Å². The molecule has 1 aromatic rings. The number of nitrogens with one attached hydrogen (secondary N) is 1. The molecule has 2 aliphatic rings. The summed E-state index contributed by atoms with van der Waals surface area (Å²) in [4.78, 5) is 30.8.